The lowest BCUT2D eigenvalue weighted by Crippen LogP contribution is -2.13. The molecular formula is C12H16N4O. The number of hydrogen-bond donors (Lipinski definition) is 1. The second-order valence-electron chi connectivity index (χ2n) is 4.77. The highest BCUT2D eigenvalue weighted by Gasteiger charge is 2.31. The highest BCUT2D eigenvalue weighted by Crippen LogP contribution is 2.36. The quantitative estimate of drug-likeness (QED) is 0.816. The number of ether oxygens (including phenoxy) is 1. The lowest BCUT2D eigenvalue weighted by atomic mass is 10.1. The van der Waals surface area contributed by atoms with Crippen LogP contribution in [0.15, 0.2) is 18.6 Å². The van der Waals surface area contributed by atoms with Crippen LogP contribution in [0.5, 0.6) is 0 Å². The van der Waals surface area contributed by atoms with Gasteiger partial charge in [-0.2, -0.15) is 0 Å². The molecule has 5 nitrogen and oxygen atoms in total. The zero-order valence-corrected chi connectivity index (χ0v) is 10.00. The molecule has 0 spiro atoms. The molecule has 90 valence electrons. The Kier molecular flexibility index (Phi) is 2.29. The Bertz CT molecular complexity index is 550. The molecule has 3 rings (SSSR count). The summed E-state index contributed by atoms with van der Waals surface area (Å²) in [6, 6.07) is 1.95. The van der Waals surface area contributed by atoms with Crippen molar-refractivity contribution in [2.24, 2.45) is 5.92 Å². The molecule has 3 atom stereocenters. The molecular weight excluding hydrogens is 216 g/mol. The van der Waals surface area contributed by atoms with E-state index in [4.69, 9.17) is 10.5 Å². The van der Waals surface area contributed by atoms with E-state index in [0.29, 0.717) is 17.8 Å². The molecule has 0 aromatic carbocycles. The fourth-order valence-electron chi connectivity index (χ4n) is 2.60. The zero-order valence-electron chi connectivity index (χ0n) is 10.00. The second-order valence-corrected chi connectivity index (χ2v) is 4.77. The van der Waals surface area contributed by atoms with E-state index in [2.05, 4.69) is 28.4 Å². The van der Waals surface area contributed by atoms with E-state index in [0.717, 1.165) is 17.5 Å². The molecule has 3 heterocycles. The molecule has 5 heteroatoms. The molecule has 0 aliphatic carbocycles. The minimum Gasteiger partial charge on any atom is -0.383 e. The minimum atomic E-state index is 0.0526. The summed E-state index contributed by atoms with van der Waals surface area (Å²) in [4.78, 5) is 8.29. The van der Waals surface area contributed by atoms with Gasteiger partial charge in [-0.1, -0.05) is 6.92 Å². The smallest absolute Gasteiger partial charge is 0.147 e. The van der Waals surface area contributed by atoms with Gasteiger partial charge in [-0.3, -0.25) is 0 Å². The van der Waals surface area contributed by atoms with Crippen LogP contribution in [0.25, 0.3) is 11.0 Å². The van der Waals surface area contributed by atoms with Crippen molar-refractivity contribution < 1.29 is 4.74 Å². The highest BCUT2D eigenvalue weighted by atomic mass is 16.5. The van der Waals surface area contributed by atoms with Crippen LogP contribution >= 0.6 is 0 Å². The lowest BCUT2D eigenvalue weighted by molar-refractivity contribution is 0.000249. The summed E-state index contributed by atoms with van der Waals surface area (Å²) in [7, 11) is 0. The number of hydrogen-bond acceptors (Lipinski definition) is 4. The summed E-state index contributed by atoms with van der Waals surface area (Å²) in [5.41, 5.74) is 6.68. The van der Waals surface area contributed by atoms with Gasteiger partial charge in [0, 0.05) is 12.1 Å². The molecule has 17 heavy (non-hydrogen) atoms. The molecule has 1 unspecified atom stereocenters. The third kappa shape index (κ3) is 1.58. The van der Waals surface area contributed by atoms with Gasteiger partial charge in [0.1, 0.15) is 24.0 Å². The van der Waals surface area contributed by atoms with Crippen LogP contribution < -0.4 is 5.73 Å². The van der Waals surface area contributed by atoms with Gasteiger partial charge in [-0.15, -0.1) is 0 Å². The van der Waals surface area contributed by atoms with Gasteiger partial charge in [0.25, 0.3) is 0 Å². The average Bonchev–Trinajstić information content (AvgIpc) is 2.83. The molecule has 0 bridgehead atoms. The van der Waals surface area contributed by atoms with Crippen LogP contribution in [0.3, 0.4) is 0 Å². The van der Waals surface area contributed by atoms with Gasteiger partial charge >= 0.3 is 0 Å². The van der Waals surface area contributed by atoms with Gasteiger partial charge in [-0.05, 0) is 19.4 Å². The highest BCUT2D eigenvalue weighted by molar-refractivity contribution is 5.86. The summed E-state index contributed by atoms with van der Waals surface area (Å²) >= 11 is 0. The van der Waals surface area contributed by atoms with Crippen molar-refractivity contribution in [2.45, 2.75) is 32.6 Å². The number of nitrogen functional groups attached to an aromatic ring is 1. The molecule has 0 saturated carbocycles. The summed E-state index contributed by atoms with van der Waals surface area (Å²) in [5, 5.41) is 0.892. The standard InChI is InChI=1S/C12H16N4O/c1-7-5-8(2)17-12(7)16-4-3-9-10(13)14-6-15-11(9)16/h3-4,6-8,12H,5H2,1-2H3,(H2,13,14,15)/t7-,8?,12+/m0/s1. The van der Waals surface area contributed by atoms with Crippen molar-refractivity contribution in [3.05, 3.63) is 18.6 Å². The summed E-state index contributed by atoms with van der Waals surface area (Å²) in [6.07, 6.45) is 4.90. The van der Waals surface area contributed by atoms with E-state index in [9.17, 15) is 0 Å². The topological polar surface area (TPSA) is 66.0 Å². The third-order valence-electron chi connectivity index (χ3n) is 3.38. The fraction of sp³-hybridized carbons (Fsp3) is 0.500. The SMILES string of the molecule is CC1C[C@H](C)[C@H](n2ccc3c(N)ncnc32)O1. The van der Waals surface area contributed by atoms with Crippen LogP contribution in [-0.4, -0.2) is 20.6 Å². The number of nitrogens with two attached hydrogens (primary N) is 1. The van der Waals surface area contributed by atoms with Crippen molar-refractivity contribution in [2.75, 3.05) is 5.73 Å². The van der Waals surface area contributed by atoms with Crippen molar-refractivity contribution in [3.63, 3.8) is 0 Å². The molecule has 2 N–H and O–H groups in total. The van der Waals surface area contributed by atoms with Crippen LogP contribution in [0.4, 0.5) is 5.82 Å². The summed E-state index contributed by atoms with van der Waals surface area (Å²) < 4.78 is 7.98. The summed E-state index contributed by atoms with van der Waals surface area (Å²) in [5.74, 6) is 1.00. The van der Waals surface area contributed by atoms with Crippen LogP contribution in [0, 0.1) is 5.92 Å². The van der Waals surface area contributed by atoms with Gasteiger partial charge in [0.2, 0.25) is 0 Å². The molecule has 1 fully saturated rings. The van der Waals surface area contributed by atoms with E-state index in [1.54, 1.807) is 0 Å². The molecule has 1 aliphatic rings. The minimum absolute atomic E-state index is 0.0526. The van der Waals surface area contributed by atoms with E-state index in [1.165, 1.54) is 6.33 Å². The maximum absolute atomic E-state index is 5.93. The zero-order chi connectivity index (χ0) is 12.0. The van der Waals surface area contributed by atoms with Crippen molar-refractivity contribution in [1.29, 1.82) is 0 Å². The van der Waals surface area contributed by atoms with E-state index >= 15 is 0 Å². The van der Waals surface area contributed by atoms with E-state index in [1.807, 2.05) is 12.3 Å². The second kappa shape index (κ2) is 3.70. The van der Waals surface area contributed by atoms with E-state index < -0.39 is 0 Å². The van der Waals surface area contributed by atoms with Gasteiger partial charge in [-0.25, -0.2) is 9.97 Å². The first-order chi connectivity index (χ1) is 8.16. The van der Waals surface area contributed by atoms with Crippen molar-refractivity contribution in [1.82, 2.24) is 14.5 Å². The average molecular weight is 232 g/mol. The predicted octanol–water partition coefficient (Wildman–Crippen LogP) is 1.96. The van der Waals surface area contributed by atoms with Crippen molar-refractivity contribution in [3.8, 4) is 0 Å². The number of anilines is 1. The number of rotatable bonds is 1. The molecule has 0 radical (unpaired) electrons. The molecule has 2 aromatic rings. The Morgan fingerprint density at radius 2 is 2.24 bits per heavy atom. The first-order valence-electron chi connectivity index (χ1n) is 5.89. The number of aromatic nitrogens is 3. The fourth-order valence-corrected chi connectivity index (χ4v) is 2.60. The predicted molar refractivity (Wildman–Crippen MR) is 65.3 cm³/mol. The van der Waals surface area contributed by atoms with Gasteiger partial charge in [0.05, 0.1) is 11.5 Å². The number of fused-ring (bicyclic) bond motifs is 1. The largest absolute Gasteiger partial charge is 0.383 e. The molecule has 1 saturated heterocycles. The van der Waals surface area contributed by atoms with Crippen LogP contribution in [-0.2, 0) is 4.74 Å². The van der Waals surface area contributed by atoms with Crippen LogP contribution in [0.2, 0.25) is 0 Å². The molecule has 0 amide bonds. The Hall–Kier alpha value is -1.62. The number of nitrogens with zero attached hydrogens (tertiary/aromatic N) is 3. The Morgan fingerprint density at radius 1 is 1.41 bits per heavy atom. The normalized spacial score (nSPS) is 28.9. The Morgan fingerprint density at radius 3 is 2.94 bits per heavy atom. The first-order valence-corrected chi connectivity index (χ1v) is 5.89. The van der Waals surface area contributed by atoms with Gasteiger partial charge < -0.3 is 15.0 Å². The monoisotopic (exact) mass is 232 g/mol. The van der Waals surface area contributed by atoms with Crippen LogP contribution in [0.1, 0.15) is 26.5 Å². The van der Waals surface area contributed by atoms with Gasteiger partial charge in [0.15, 0.2) is 0 Å². The Labute approximate surface area is 99.6 Å². The van der Waals surface area contributed by atoms with E-state index in [-0.39, 0.29) is 6.23 Å². The maximum atomic E-state index is 5.93. The summed E-state index contributed by atoms with van der Waals surface area (Å²) in [6.45, 7) is 4.30. The third-order valence-corrected chi connectivity index (χ3v) is 3.38. The molecule has 1 aliphatic heterocycles. The first kappa shape index (κ1) is 10.5. The molecule has 2 aromatic heterocycles. The Balaban J connectivity index is 2.09. The maximum Gasteiger partial charge on any atom is 0.147 e. The lowest BCUT2D eigenvalue weighted by Gasteiger charge is -2.17. The van der Waals surface area contributed by atoms with Crippen molar-refractivity contribution >= 4 is 16.9 Å².